The zero-order chi connectivity index (χ0) is 19.9. The van der Waals surface area contributed by atoms with E-state index >= 15 is 0 Å². The Bertz CT molecular complexity index is 1000. The van der Waals surface area contributed by atoms with E-state index in [0.717, 1.165) is 43.0 Å². The summed E-state index contributed by atoms with van der Waals surface area (Å²) < 4.78 is 42.7. The van der Waals surface area contributed by atoms with Crippen molar-refractivity contribution in [1.82, 2.24) is 4.57 Å². The van der Waals surface area contributed by atoms with E-state index in [0.29, 0.717) is 0 Å². The first-order valence-electron chi connectivity index (χ1n) is 9.48. The molecule has 1 aromatic heterocycles. The van der Waals surface area contributed by atoms with Crippen LogP contribution in [0.15, 0.2) is 48.7 Å². The summed E-state index contributed by atoms with van der Waals surface area (Å²) in [5.41, 5.74) is 5.07. The molecule has 1 nitrogen and oxygen atoms in total. The molecule has 1 aliphatic rings. The van der Waals surface area contributed by atoms with E-state index in [4.69, 9.17) is 11.6 Å². The molecule has 0 radical (unpaired) electrons. The fourth-order valence-corrected chi connectivity index (χ4v) is 4.34. The fraction of sp³-hybridized carbons (Fsp3) is 0.304. The van der Waals surface area contributed by atoms with E-state index in [1.165, 1.54) is 29.0 Å². The summed E-state index contributed by atoms with van der Waals surface area (Å²) >= 11 is 6.20. The van der Waals surface area contributed by atoms with Gasteiger partial charge in [0.2, 0.25) is 0 Å². The number of aryl methyl sites for hydroxylation is 1. The lowest BCUT2D eigenvalue weighted by Gasteiger charge is -2.17. The highest BCUT2D eigenvalue weighted by molar-refractivity contribution is 6.31. The molecule has 0 saturated heterocycles. The van der Waals surface area contributed by atoms with Crippen LogP contribution < -0.4 is 0 Å². The lowest BCUT2D eigenvalue weighted by atomic mass is 9.91. The number of hydrogen-bond acceptors (Lipinski definition) is 0. The molecule has 0 fully saturated rings. The lowest BCUT2D eigenvalue weighted by molar-refractivity contribution is -0.138. The van der Waals surface area contributed by atoms with Crippen molar-refractivity contribution in [3.8, 4) is 5.69 Å². The molecule has 3 aromatic rings. The minimum absolute atomic E-state index is 0.158. The maximum absolute atomic E-state index is 13.5. The summed E-state index contributed by atoms with van der Waals surface area (Å²) in [4.78, 5) is 0. The van der Waals surface area contributed by atoms with Crippen molar-refractivity contribution in [1.29, 1.82) is 0 Å². The average Bonchev–Trinajstić information content (AvgIpc) is 3.02. The smallest absolute Gasteiger partial charge is 0.320 e. The summed E-state index contributed by atoms with van der Waals surface area (Å²) in [5.74, 6) is 0. The SMILES string of the molecule is Cc1ccc(-n2cc(Cc3c(Cl)cccc3C(F)(F)F)c3c2CCCC3)cc1. The number of nitrogens with zero attached hydrogens (tertiary/aromatic N) is 1. The second-order valence-electron chi connectivity index (χ2n) is 7.43. The van der Waals surface area contributed by atoms with Gasteiger partial charge in [0.25, 0.3) is 0 Å². The normalized spacial score (nSPS) is 14.2. The number of hydrogen-bond donors (Lipinski definition) is 0. The summed E-state index contributed by atoms with van der Waals surface area (Å²) in [6.07, 6.45) is 1.78. The van der Waals surface area contributed by atoms with E-state index in [2.05, 4.69) is 28.8 Å². The molecule has 5 heteroatoms. The molecular formula is C23H21ClF3N. The third-order valence-corrected chi connectivity index (χ3v) is 5.86. The summed E-state index contributed by atoms with van der Waals surface area (Å²) in [5, 5.41) is 0.169. The van der Waals surface area contributed by atoms with Gasteiger partial charge in [-0.05, 0) is 73.6 Å². The predicted molar refractivity (Wildman–Crippen MR) is 106 cm³/mol. The molecule has 0 N–H and O–H groups in total. The quantitative estimate of drug-likeness (QED) is 0.447. The maximum Gasteiger partial charge on any atom is 0.416 e. The van der Waals surface area contributed by atoms with Crippen LogP contribution >= 0.6 is 11.6 Å². The standard InChI is InChI=1S/C23H21ClF3N/c1-15-9-11-17(12-10-15)28-14-16(18-5-2-3-8-22(18)28)13-19-20(23(25,26)27)6-4-7-21(19)24/h4,6-7,9-12,14H,2-3,5,8,13H2,1H3. The third-order valence-electron chi connectivity index (χ3n) is 5.51. The monoisotopic (exact) mass is 403 g/mol. The van der Waals surface area contributed by atoms with Crippen molar-refractivity contribution in [3.63, 3.8) is 0 Å². The van der Waals surface area contributed by atoms with Gasteiger partial charge in [-0.3, -0.25) is 0 Å². The van der Waals surface area contributed by atoms with Crippen LogP contribution in [0.2, 0.25) is 5.02 Å². The fourth-order valence-electron chi connectivity index (χ4n) is 4.10. The van der Waals surface area contributed by atoms with Gasteiger partial charge < -0.3 is 4.57 Å². The van der Waals surface area contributed by atoms with Crippen LogP contribution in [-0.2, 0) is 25.4 Å². The zero-order valence-corrected chi connectivity index (χ0v) is 16.4. The van der Waals surface area contributed by atoms with Crippen molar-refractivity contribution in [2.24, 2.45) is 0 Å². The van der Waals surface area contributed by atoms with E-state index in [1.54, 1.807) is 0 Å². The Hall–Kier alpha value is -2.20. The van der Waals surface area contributed by atoms with E-state index in [-0.39, 0.29) is 17.0 Å². The summed E-state index contributed by atoms with van der Waals surface area (Å²) in [6, 6.07) is 12.2. The number of fused-ring (bicyclic) bond motifs is 1. The largest absolute Gasteiger partial charge is 0.416 e. The molecule has 0 bridgehead atoms. The molecular weight excluding hydrogens is 383 g/mol. The highest BCUT2D eigenvalue weighted by Gasteiger charge is 2.34. The van der Waals surface area contributed by atoms with Gasteiger partial charge in [-0.2, -0.15) is 13.2 Å². The molecule has 0 saturated carbocycles. The zero-order valence-electron chi connectivity index (χ0n) is 15.6. The Morgan fingerprint density at radius 1 is 1.00 bits per heavy atom. The van der Waals surface area contributed by atoms with Crippen LogP contribution in [0.3, 0.4) is 0 Å². The molecule has 0 atom stereocenters. The van der Waals surface area contributed by atoms with Gasteiger partial charge in [0.05, 0.1) is 5.56 Å². The molecule has 28 heavy (non-hydrogen) atoms. The van der Waals surface area contributed by atoms with E-state index in [1.807, 2.05) is 13.1 Å². The molecule has 146 valence electrons. The Morgan fingerprint density at radius 3 is 2.43 bits per heavy atom. The Labute approximate surface area is 167 Å². The molecule has 1 heterocycles. The minimum atomic E-state index is -4.42. The predicted octanol–water partition coefficient (Wildman–Crippen LogP) is 6.93. The third kappa shape index (κ3) is 3.58. The van der Waals surface area contributed by atoms with Gasteiger partial charge in [-0.25, -0.2) is 0 Å². The Morgan fingerprint density at radius 2 is 1.71 bits per heavy atom. The van der Waals surface area contributed by atoms with Gasteiger partial charge in [0, 0.05) is 29.0 Å². The molecule has 0 unspecified atom stereocenters. The van der Waals surface area contributed by atoms with Gasteiger partial charge in [-0.15, -0.1) is 0 Å². The van der Waals surface area contributed by atoms with Crippen LogP contribution in [0, 0.1) is 6.92 Å². The number of aromatic nitrogens is 1. The summed E-state index contributed by atoms with van der Waals surface area (Å²) in [6.45, 7) is 2.04. The minimum Gasteiger partial charge on any atom is -0.320 e. The van der Waals surface area contributed by atoms with Crippen LogP contribution in [0.5, 0.6) is 0 Å². The van der Waals surface area contributed by atoms with Crippen LogP contribution in [-0.4, -0.2) is 4.57 Å². The van der Waals surface area contributed by atoms with Gasteiger partial charge in [0.1, 0.15) is 0 Å². The molecule has 2 aromatic carbocycles. The second kappa shape index (κ2) is 7.32. The molecule has 0 amide bonds. The van der Waals surface area contributed by atoms with Crippen LogP contribution in [0.1, 0.15) is 46.4 Å². The van der Waals surface area contributed by atoms with Gasteiger partial charge >= 0.3 is 6.18 Å². The first-order chi connectivity index (χ1) is 13.3. The van der Waals surface area contributed by atoms with Crippen molar-refractivity contribution in [2.45, 2.75) is 45.2 Å². The van der Waals surface area contributed by atoms with Crippen molar-refractivity contribution < 1.29 is 13.2 Å². The van der Waals surface area contributed by atoms with Gasteiger partial charge in [0.15, 0.2) is 0 Å². The molecule has 4 rings (SSSR count). The van der Waals surface area contributed by atoms with Crippen molar-refractivity contribution in [3.05, 3.63) is 87.2 Å². The lowest BCUT2D eigenvalue weighted by Crippen LogP contribution is -2.11. The Kier molecular flexibility index (Phi) is 5.00. The van der Waals surface area contributed by atoms with Gasteiger partial charge in [-0.1, -0.05) is 35.4 Å². The average molecular weight is 404 g/mol. The van der Waals surface area contributed by atoms with E-state index in [9.17, 15) is 13.2 Å². The molecule has 0 spiro atoms. The van der Waals surface area contributed by atoms with Crippen molar-refractivity contribution >= 4 is 11.6 Å². The highest BCUT2D eigenvalue weighted by atomic mass is 35.5. The first-order valence-corrected chi connectivity index (χ1v) is 9.86. The summed E-state index contributed by atoms with van der Waals surface area (Å²) in [7, 11) is 0. The number of alkyl halides is 3. The maximum atomic E-state index is 13.5. The number of halogens is 4. The van der Waals surface area contributed by atoms with Crippen molar-refractivity contribution in [2.75, 3.05) is 0 Å². The highest BCUT2D eigenvalue weighted by Crippen LogP contribution is 2.38. The van der Waals surface area contributed by atoms with Crippen LogP contribution in [0.4, 0.5) is 13.2 Å². The first kappa shape index (κ1) is 19.1. The Balaban J connectivity index is 1.81. The van der Waals surface area contributed by atoms with E-state index < -0.39 is 11.7 Å². The number of rotatable bonds is 3. The topological polar surface area (TPSA) is 4.93 Å². The molecule has 0 aliphatic heterocycles. The second-order valence-corrected chi connectivity index (χ2v) is 7.84. The molecule has 1 aliphatic carbocycles. The number of benzene rings is 2. The van der Waals surface area contributed by atoms with Crippen LogP contribution in [0.25, 0.3) is 5.69 Å².